The van der Waals surface area contributed by atoms with Crippen LogP contribution in [0.4, 0.5) is 34.1 Å². The molecule has 8 rings (SSSR count). The first kappa shape index (κ1) is 39.5. The third kappa shape index (κ3) is 6.74. The van der Waals surface area contributed by atoms with E-state index < -0.39 is 0 Å². The van der Waals surface area contributed by atoms with Gasteiger partial charge in [0.05, 0.1) is 5.69 Å². The lowest BCUT2D eigenvalue weighted by Gasteiger charge is -2.44. The summed E-state index contributed by atoms with van der Waals surface area (Å²) in [6.45, 7) is 37.5. The average molecular weight is 771 g/mol. The van der Waals surface area contributed by atoms with E-state index in [0.717, 1.165) is 0 Å². The van der Waals surface area contributed by atoms with Crippen LogP contribution in [0.5, 0.6) is 0 Å². The summed E-state index contributed by atoms with van der Waals surface area (Å²) in [5.74, 6) is 0. The molecule has 0 amide bonds. The van der Waals surface area contributed by atoms with Crippen molar-refractivity contribution in [1.29, 1.82) is 0 Å². The van der Waals surface area contributed by atoms with E-state index in [1.807, 2.05) is 11.3 Å². The van der Waals surface area contributed by atoms with Crippen molar-refractivity contribution >= 4 is 78.0 Å². The summed E-state index contributed by atoms with van der Waals surface area (Å²) in [7, 11) is 0. The van der Waals surface area contributed by atoms with Gasteiger partial charge in [0.2, 0.25) is 0 Å². The van der Waals surface area contributed by atoms with E-state index in [1.165, 1.54) is 93.3 Å². The standard InChI is InChI=1S/C53H63BN2S/c1-32-25-43-46-44(26-32)56(39-28-36(52(11,12)13)27-37(29-39)53(14,15)16)47-40-30-34(50(5,6)7)20-24-45(40)57-48(47)54(46)41-31-35(51(8,9)10)19-23-42(41)55(43)38-21-17-33(18-22-38)49(2,3)4/h17-31H,1-16H3. The molecule has 2 aliphatic heterocycles. The van der Waals surface area contributed by atoms with Gasteiger partial charge >= 0.3 is 0 Å². The van der Waals surface area contributed by atoms with E-state index in [0.29, 0.717) is 0 Å². The normalized spacial score (nSPS) is 14.6. The number of anilines is 6. The lowest BCUT2D eigenvalue weighted by molar-refractivity contribution is 0.568. The van der Waals surface area contributed by atoms with Crippen LogP contribution in [-0.4, -0.2) is 6.71 Å². The molecular formula is C53H63BN2S. The second-order valence-electron chi connectivity index (χ2n) is 22.2. The molecule has 6 aromatic rings. The maximum absolute atomic E-state index is 2.67. The smallest absolute Gasteiger partial charge is 0.264 e. The number of benzene rings is 5. The zero-order chi connectivity index (χ0) is 41.4. The Morgan fingerprint density at radius 2 is 0.930 bits per heavy atom. The van der Waals surface area contributed by atoms with Gasteiger partial charge in [-0.25, -0.2) is 0 Å². The van der Waals surface area contributed by atoms with Crippen LogP contribution in [0.2, 0.25) is 0 Å². The van der Waals surface area contributed by atoms with Crippen molar-refractivity contribution in [2.75, 3.05) is 9.80 Å². The topological polar surface area (TPSA) is 6.48 Å². The molecule has 0 atom stereocenters. The van der Waals surface area contributed by atoms with Crippen LogP contribution in [-0.2, 0) is 27.1 Å². The highest BCUT2D eigenvalue weighted by atomic mass is 32.1. The molecule has 2 nitrogen and oxygen atoms in total. The predicted octanol–water partition coefficient (Wildman–Crippen LogP) is 13.8. The quantitative estimate of drug-likeness (QED) is 0.162. The van der Waals surface area contributed by atoms with Gasteiger partial charge in [-0.2, -0.15) is 0 Å². The molecule has 2 aliphatic rings. The van der Waals surface area contributed by atoms with E-state index in [9.17, 15) is 0 Å². The van der Waals surface area contributed by atoms with E-state index >= 15 is 0 Å². The number of thiophene rings is 1. The highest BCUT2D eigenvalue weighted by molar-refractivity contribution is 7.33. The molecule has 294 valence electrons. The molecule has 0 spiro atoms. The fourth-order valence-corrected chi connectivity index (χ4v) is 10.1. The van der Waals surface area contributed by atoms with E-state index in [1.54, 1.807) is 0 Å². The predicted molar refractivity (Wildman–Crippen MR) is 254 cm³/mol. The molecular weight excluding hydrogens is 707 g/mol. The monoisotopic (exact) mass is 770 g/mol. The molecule has 0 radical (unpaired) electrons. The Morgan fingerprint density at radius 1 is 0.439 bits per heavy atom. The number of rotatable bonds is 2. The van der Waals surface area contributed by atoms with Crippen LogP contribution in [0.1, 0.15) is 137 Å². The Bertz CT molecular complexity index is 2520. The Kier molecular flexibility index (Phi) is 8.92. The van der Waals surface area contributed by atoms with Gasteiger partial charge in [-0.3, -0.25) is 0 Å². The number of hydrogen-bond donors (Lipinski definition) is 0. The molecule has 5 aromatic carbocycles. The van der Waals surface area contributed by atoms with Gasteiger partial charge in [-0.15, -0.1) is 11.3 Å². The number of nitrogens with zero attached hydrogens (tertiary/aromatic N) is 2. The molecule has 0 bridgehead atoms. The maximum atomic E-state index is 2.67. The zero-order valence-electron chi connectivity index (χ0n) is 37.5. The molecule has 0 aliphatic carbocycles. The van der Waals surface area contributed by atoms with Gasteiger partial charge in [0.1, 0.15) is 0 Å². The summed E-state index contributed by atoms with van der Waals surface area (Å²) in [6, 6.07) is 36.3. The Balaban J connectivity index is 1.52. The van der Waals surface area contributed by atoms with Gasteiger partial charge in [-0.05, 0) is 133 Å². The molecule has 0 unspecified atom stereocenters. The third-order valence-electron chi connectivity index (χ3n) is 12.4. The highest BCUT2D eigenvalue weighted by Crippen LogP contribution is 2.50. The van der Waals surface area contributed by atoms with E-state index in [-0.39, 0.29) is 33.8 Å². The minimum atomic E-state index is -0.0162. The molecule has 4 heteroatoms. The summed E-state index contributed by atoms with van der Waals surface area (Å²) in [4.78, 5) is 5.24. The number of aryl methyl sites for hydroxylation is 1. The van der Waals surface area contributed by atoms with Crippen molar-refractivity contribution in [2.24, 2.45) is 0 Å². The van der Waals surface area contributed by atoms with Crippen LogP contribution in [0.3, 0.4) is 0 Å². The Labute approximate surface area is 348 Å². The summed E-state index contributed by atoms with van der Waals surface area (Å²) in [5, 5.41) is 1.35. The first-order valence-corrected chi connectivity index (χ1v) is 21.9. The number of hydrogen-bond acceptors (Lipinski definition) is 3. The summed E-state index contributed by atoms with van der Waals surface area (Å²) < 4.78 is 2.78. The molecule has 1 aromatic heterocycles. The van der Waals surface area contributed by atoms with Crippen LogP contribution in [0.25, 0.3) is 10.1 Å². The van der Waals surface area contributed by atoms with E-state index in [4.69, 9.17) is 0 Å². The minimum absolute atomic E-state index is 0.00660. The zero-order valence-corrected chi connectivity index (χ0v) is 38.4. The van der Waals surface area contributed by atoms with Crippen LogP contribution in [0, 0.1) is 6.92 Å². The highest BCUT2D eigenvalue weighted by Gasteiger charge is 2.46. The van der Waals surface area contributed by atoms with Crippen molar-refractivity contribution in [3.8, 4) is 0 Å². The van der Waals surface area contributed by atoms with Gasteiger partial charge in [-0.1, -0.05) is 140 Å². The van der Waals surface area contributed by atoms with Crippen LogP contribution < -0.4 is 25.5 Å². The lowest BCUT2D eigenvalue weighted by Crippen LogP contribution is -2.60. The van der Waals surface area contributed by atoms with Crippen LogP contribution in [0.15, 0.2) is 91.0 Å². The van der Waals surface area contributed by atoms with Crippen molar-refractivity contribution in [2.45, 2.75) is 138 Å². The molecule has 3 heterocycles. The fourth-order valence-electron chi connectivity index (χ4n) is 8.82. The Hall–Kier alpha value is -4.28. The second kappa shape index (κ2) is 12.9. The SMILES string of the molecule is Cc1cc2c3c(c1)N(c1cc(C(C)(C)C)cc(C(C)(C)C)c1)c1c(sc4ccc(C(C)(C)C)cc14)B3c1cc(C(C)(C)C)ccc1N2c1ccc(C(C)(C)C)cc1. The fraction of sp³-hybridized carbons (Fsp3) is 0.396. The lowest BCUT2D eigenvalue weighted by atomic mass is 9.36. The van der Waals surface area contributed by atoms with Crippen molar-refractivity contribution in [1.82, 2.24) is 0 Å². The minimum Gasteiger partial charge on any atom is -0.311 e. The van der Waals surface area contributed by atoms with Crippen molar-refractivity contribution < 1.29 is 0 Å². The molecule has 0 fully saturated rings. The number of fused-ring (bicyclic) bond motifs is 6. The molecule has 57 heavy (non-hydrogen) atoms. The third-order valence-corrected chi connectivity index (χ3v) is 13.7. The molecule has 0 N–H and O–H groups in total. The summed E-state index contributed by atoms with van der Waals surface area (Å²) in [6.07, 6.45) is 0. The van der Waals surface area contributed by atoms with Crippen LogP contribution >= 0.6 is 11.3 Å². The van der Waals surface area contributed by atoms with Crippen molar-refractivity contribution in [3.05, 3.63) is 124 Å². The second-order valence-corrected chi connectivity index (χ2v) is 23.3. The summed E-state index contributed by atoms with van der Waals surface area (Å²) >= 11 is 2.00. The van der Waals surface area contributed by atoms with Crippen molar-refractivity contribution in [3.63, 3.8) is 0 Å². The van der Waals surface area contributed by atoms with Gasteiger partial charge in [0.15, 0.2) is 0 Å². The average Bonchev–Trinajstić information content (AvgIpc) is 3.47. The summed E-state index contributed by atoms with van der Waals surface area (Å²) in [5.41, 5.74) is 18.6. The largest absolute Gasteiger partial charge is 0.311 e. The van der Waals surface area contributed by atoms with Gasteiger partial charge in [0, 0.05) is 43.3 Å². The first-order chi connectivity index (χ1) is 26.3. The maximum Gasteiger partial charge on any atom is 0.264 e. The Morgan fingerprint density at radius 3 is 1.47 bits per heavy atom. The first-order valence-electron chi connectivity index (χ1n) is 21.1. The van der Waals surface area contributed by atoms with Gasteiger partial charge < -0.3 is 9.80 Å². The van der Waals surface area contributed by atoms with Gasteiger partial charge in [0.25, 0.3) is 6.71 Å². The molecule has 0 saturated heterocycles. The molecule has 0 saturated carbocycles. The van der Waals surface area contributed by atoms with E-state index in [2.05, 4.69) is 212 Å².